The number of aromatic nitrogens is 4. The number of ether oxygens (including phenoxy) is 2. The SMILES string of the molecule is COc1ccc(-c2nnc3c4ccccc4nc(N4CCN(Cc5ccccc5OC)C(C)C4)n23)cc1. The second kappa shape index (κ2) is 9.71. The van der Waals surface area contributed by atoms with Gasteiger partial charge in [0.25, 0.3) is 0 Å². The van der Waals surface area contributed by atoms with Gasteiger partial charge in [0, 0.05) is 48.7 Å². The van der Waals surface area contributed by atoms with E-state index in [0.717, 1.165) is 71.6 Å². The fourth-order valence-corrected chi connectivity index (χ4v) is 5.17. The Morgan fingerprint density at radius 3 is 2.43 bits per heavy atom. The summed E-state index contributed by atoms with van der Waals surface area (Å²) in [6.07, 6.45) is 0. The van der Waals surface area contributed by atoms with E-state index in [1.54, 1.807) is 14.2 Å². The number of methoxy groups -OCH3 is 2. The van der Waals surface area contributed by atoms with E-state index in [2.05, 4.69) is 49.5 Å². The van der Waals surface area contributed by atoms with Gasteiger partial charge in [0.15, 0.2) is 11.5 Å². The van der Waals surface area contributed by atoms with E-state index in [9.17, 15) is 0 Å². The first-order chi connectivity index (χ1) is 18.2. The molecule has 3 heterocycles. The smallest absolute Gasteiger partial charge is 0.213 e. The van der Waals surface area contributed by atoms with Crippen LogP contribution in [0.2, 0.25) is 0 Å². The average Bonchev–Trinajstić information content (AvgIpc) is 3.40. The lowest BCUT2D eigenvalue weighted by Gasteiger charge is -2.40. The minimum Gasteiger partial charge on any atom is -0.497 e. The molecule has 0 amide bonds. The standard InChI is InChI=1S/C29H30N6O2/c1-20-18-34(17-16-33(20)19-22-8-4-7-11-26(22)37-3)29-30-25-10-6-5-9-24(25)28-32-31-27(35(28)29)21-12-14-23(36-2)15-13-21/h4-15,20H,16-19H2,1-3H3. The number of hydrogen-bond donors (Lipinski definition) is 0. The van der Waals surface area contributed by atoms with Crippen LogP contribution in [0.4, 0.5) is 5.95 Å². The summed E-state index contributed by atoms with van der Waals surface area (Å²) in [6, 6.07) is 24.6. The van der Waals surface area contributed by atoms with Gasteiger partial charge in [0.2, 0.25) is 5.95 Å². The number of rotatable bonds is 6. The monoisotopic (exact) mass is 494 g/mol. The van der Waals surface area contributed by atoms with Crippen LogP contribution in [-0.2, 0) is 6.54 Å². The van der Waals surface area contributed by atoms with E-state index in [1.807, 2.05) is 54.6 Å². The molecule has 0 spiro atoms. The van der Waals surface area contributed by atoms with Crippen LogP contribution in [0, 0.1) is 0 Å². The van der Waals surface area contributed by atoms with Crippen molar-refractivity contribution < 1.29 is 9.47 Å². The predicted octanol–water partition coefficient (Wildman–Crippen LogP) is 4.67. The number of anilines is 1. The first kappa shape index (κ1) is 23.2. The van der Waals surface area contributed by atoms with Crippen LogP contribution in [-0.4, -0.2) is 64.4 Å². The summed E-state index contributed by atoms with van der Waals surface area (Å²) in [6.45, 7) is 5.73. The molecule has 6 rings (SSSR count). The number of benzene rings is 3. The van der Waals surface area contributed by atoms with Crippen molar-refractivity contribution >= 4 is 22.5 Å². The average molecular weight is 495 g/mol. The Balaban J connectivity index is 1.37. The van der Waals surface area contributed by atoms with E-state index in [1.165, 1.54) is 5.56 Å². The normalized spacial score (nSPS) is 16.4. The van der Waals surface area contributed by atoms with Gasteiger partial charge in [-0.05, 0) is 49.4 Å². The molecule has 3 aromatic carbocycles. The maximum absolute atomic E-state index is 5.59. The highest BCUT2D eigenvalue weighted by atomic mass is 16.5. The maximum Gasteiger partial charge on any atom is 0.213 e. The molecule has 0 saturated carbocycles. The summed E-state index contributed by atoms with van der Waals surface area (Å²) in [5.41, 5.74) is 3.91. The van der Waals surface area contributed by atoms with Crippen LogP contribution in [0.1, 0.15) is 12.5 Å². The van der Waals surface area contributed by atoms with Crippen molar-refractivity contribution in [1.82, 2.24) is 24.5 Å². The van der Waals surface area contributed by atoms with Crippen LogP contribution < -0.4 is 14.4 Å². The van der Waals surface area contributed by atoms with E-state index < -0.39 is 0 Å². The lowest BCUT2D eigenvalue weighted by Crippen LogP contribution is -2.52. The lowest BCUT2D eigenvalue weighted by atomic mass is 10.1. The number of fused-ring (bicyclic) bond motifs is 3. The zero-order valence-electron chi connectivity index (χ0n) is 21.3. The van der Waals surface area contributed by atoms with E-state index in [0.29, 0.717) is 6.04 Å². The van der Waals surface area contributed by atoms with Crippen molar-refractivity contribution in [3.8, 4) is 22.9 Å². The Morgan fingerprint density at radius 2 is 1.65 bits per heavy atom. The Labute approximate surface area is 216 Å². The predicted molar refractivity (Wildman–Crippen MR) is 145 cm³/mol. The van der Waals surface area contributed by atoms with Crippen molar-refractivity contribution in [2.75, 3.05) is 38.8 Å². The Kier molecular flexibility index (Phi) is 6.10. The number of para-hydroxylation sites is 2. The number of piperazine rings is 1. The summed E-state index contributed by atoms with van der Waals surface area (Å²) >= 11 is 0. The van der Waals surface area contributed by atoms with Gasteiger partial charge in [-0.1, -0.05) is 30.3 Å². The second-order valence-electron chi connectivity index (χ2n) is 9.42. The topological polar surface area (TPSA) is 68.0 Å². The minimum absolute atomic E-state index is 0.322. The quantitative estimate of drug-likeness (QED) is 0.340. The summed E-state index contributed by atoms with van der Waals surface area (Å²) in [5, 5.41) is 10.2. The largest absolute Gasteiger partial charge is 0.497 e. The number of hydrogen-bond acceptors (Lipinski definition) is 7. The highest BCUT2D eigenvalue weighted by Crippen LogP contribution is 2.31. The third kappa shape index (κ3) is 4.23. The molecule has 1 atom stereocenters. The second-order valence-corrected chi connectivity index (χ2v) is 9.42. The summed E-state index contributed by atoms with van der Waals surface area (Å²) in [4.78, 5) is 10.00. The van der Waals surface area contributed by atoms with Crippen molar-refractivity contribution in [2.24, 2.45) is 0 Å². The van der Waals surface area contributed by atoms with Gasteiger partial charge in [-0.15, -0.1) is 10.2 Å². The molecule has 8 nitrogen and oxygen atoms in total. The molecule has 0 N–H and O–H groups in total. The van der Waals surface area contributed by atoms with Crippen molar-refractivity contribution in [1.29, 1.82) is 0 Å². The summed E-state index contributed by atoms with van der Waals surface area (Å²) in [7, 11) is 3.40. The van der Waals surface area contributed by atoms with E-state index in [-0.39, 0.29) is 0 Å². The molecule has 1 fully saturated rings. The van der Waals surface area contributed by atoms with Crippen molar-refractivity contribution in [3.63, 3.8) is 0 Å². The van der Waals surface area contributed by atoms with Crippen LogP contribution >= 0.6 is 0 Å². The Bertz CT molecular complexity index is 1550. The van der Waals surface area contributed by atoms with Gasteiger partial charge in [-0.3, -0.25) is 4.90 Å². The van der Waals surface area contributed by atoms with Gasteiger partial charge in [0.05, 0.1) is 19.7 Å². The molecule has 0 radical (unpaired) electrons. The summed E-state index contributed by atoms with van der Waals surface area (Å²) < 4.78 is 13.0. The Morgan fingerprint density at radius 1 is 0.865 bits per heavy atom. The van der Waals surface area contributed by atoms with Crippen LogP contribution in [0.5, 0.6) is 11.5 Å². The Hall–Kier alpha value is -4.17. The van der Waals surface area contributed by atoms with Gasteiger partial charge in [-0.25, -0.2) is 9.38 Å². The van der Waals surface area contributed by atoms with Crippen molar-refractivity contribution in [3.05, 3.63) is 78.4 Å². The van der Waals surface area contributed by atoms with Gasteiger partial charge in [0.1, 0.15) is 11.5 Å². The lowest BCUT2D eigenvalue weighted by molar-refractivity contribution is 0.178. The van der Waals surface area contributed by atoms with Gasteiger partial charge in [-0.2, -0.15) is 0 Å². The van der Waals surface area contributed by atoms with Crippen LogP contribution in [0.15, 0.2) is 72.8 Å². The minimum atomic E-state index is 0.322. The first-order valence-corrected chi connectivity index (χ1v) is 12.6. The third-order valence-corrected chi connectivity index (χ3v) is 7.19. The molecule has 0 bridgehead atoms. The number of nitrogens with zero attached hydrogens (tertiary/aromatic N) is 6. The first-order valence-electron chi connectivity index (χ1n) is 12.6. The van der Waals surface area contributed by atoms with Crippen LogP contribution in [0.25, 0.3) is 27.9 Å². The molecule has 0 aliphatic carbocycles. The summed E-state index contributed by atoms with van der Waals surface area (Å²) in [5.74, 6) is 3.38. The van der Waals surface area contributed by atoms with Crippen LogP contribution in [0.3, 0.4) is 0 Å². The molecule has 2 aromatic heterocycles. The van der Waals surface area contributed by atoms with Gasteiger partial charge < -0.3 is 14.4 Å². The molecular formula is C29H30N6O2. The molecule has 8 heteroatoms. The maximum atomic E-state index is 5.59. The fourth-order valence-electron chi connectivity index (χ4n) is 5.17. The zero-order valence-corrected chi connectivity index (χ0v) is 21.3. The molecule has 188 valence electrons. The molecule has 1 unspecified atom stereocenters. The zero-order chi connectivity index (χ0) is 25.4. The third-order valence-electron chi connectivity index (χ3n) is 7.19. The molecular weight excluding hydrogens is 464 g/mol. The van der Waals surface area contributed by atoms with E-state index >= 15 is 0 Å². The van der Waals surface area contributed by atoms with E-state index in [4.69, 9.17) is 14.5 Å². The highest BCUT2D eigenvalue weighted by Gasteiger charge is 2.28. The molecule has 5 aromatic rings. The molecule has 1 aliphatic rings. The molecule has 1 aliphatic heterocycles. The van der Waals surface area contributed by atoms with Crippen molar-refractivity contribution in [2.45, 2.75) is 19.5 Å². The highest BCUT2D eigenvalue weighted by molar-refractivity contribution is 5.93. The molecule has 1 saturated heterocycles. The fraction of sp³-hybridized carbons (Fsp3) is 0.276. The van der Waals surface area contributed by atoms with Gasteiger partial charge >= 0.3 is 0 Å². The molecule has 37 heavy (non-hydrogen) atoms.